The van der Waals surface area contributed by atoms with E-state index in [4.69, 9.17) is 5.10 Å². The van der Waals surface area contributed by atoms with E-state index in [2.05, 4.69) is 32.5 Å². The summed E-state index contributed by atoms with van der Waals surface area (Å²) in [7, 11) is 0. The van der Waals surface area contributed by atoms with Gasteiger partial charge in [0, 0.05) is 21.8 Å². The number of para-hydroxylation sites is 1. The molecule has 0 saturated carbocycles. The van der Waals surface area contributed by atoms with Gasteiger partial charge < -0.3 is 0 Å². The lowest BCUT2D eigenvalue weighted by atomic mass is 10.1. The molecule has 0 unspecified atom stereocenters. The van der Waals surface area contributed by atoms with Crippen LogP contribution in [0.4, 0.5) is 0 Å². The van der Waals surface area contributed by atoms with Crippen LogP contribution < -0.4 is 5.43 Å². The van der Waals surface area contributed by atoms with Crippen molar-refractivity contribution in [3.05, 3.63) is 106 Å². The molecular weight excluding hydrogens is 440 g/mol. The van der Waals surface area contributed by atoms with Gasteiger partial charge in [0.2, 0.25) is 0 Å². The number of nitrogens with one attached hydrogen (secondary N) is 1. The quantitative estimate of drug-likeness (QED) is 0.322. The predicted molar refractivity (Wildman–Crippen MR) is 123 cm³/mol. The molecule has 0 bridgehead atoms. The van der Waals surface area contributed by atoms with E-state index in [0.717, 1.165) is 32.5 Å². The number of rotatable bonds is 5. The Balaban J connectivity index is 1.66. The largest absolute Gasteiger partial charge is 0.272 e. The van der Waals surface area contributed by atoms with E-state index in [0.29, 0.717) is 5.56 Å². The normalized spacial score (nSPS) is 11.0. The topological polar surface area (TPSA) is 59.3 Å². The van der Waals surface area contributed by atoms with Crippen LogP contribution in [-0.2, 0) is 0 Å². The number of hydrazone groups is 1. The summed E-state index contributed by atoms with van der Waals surface area (Å²) < 4.78 is 2.53. The second-order valence-electron chi connectivity index (χ2n) is 6.76. The number of halogens is 1. The van der Waals surface area contributed by atoms with Crippen molar-refractivity contribution >= 4 is 28.1 Å². The molecule has 4 rings (SSSR count). The third-order valence-electron chi connectivity index (χ3n) is 4.54. The van der Waals surface area contributed by atoms with Crippen molar-refractivity contribution in [2.75, 3.05) is 0 Å². The number of carbonyl (C=O) groups excluding carboxylic acids is 1. The van der Waals surface area contributed by atoms with Crippen LogP contribution in [0.3, 0.4) is 0 Å². The molecule has 1 heterocycles. The first-order valence-corrected chi connectivity index (χ1v) is 10.2. The Bertz CT molecular complexity index is 1210. The lowest BCUT2D eigenvalue weighted by molar-refractivity contribution is 0.0954. The van der Waals surface area contributed by atoms with E-state index in [-0.39, 0.29) is 5.91 Å². The van der Waals surface area contributed by atoms with E-state index in [9.17, 15) is 4.79 Å². The van der Waals surface area contributed by atoms with Crippen molar-refractivity contribution in [2.24, 2.45) is 5.10 Å². The number of hydrogen-bond acceptors (Lipinski definition) is 3. The molecule has 0 radical (unpaired) electrons. The first kappa shape index (κ1) is 19.8. The van der Waals surface area contributed by atoms with Crippen LogP contribution in [0.2, 0.25) is 0 Å². The van der Waals surface area contributed by atoms with E-state index >= 15 is 0 Å². The maximum atomic E-state index is 12.4. The fourth-order valence-electron chi connectivity index (χ4n) is 3.08. The third-order valence-corrected chi connectivity index (χ3v) is 5.23. The van der Waals surface area contributed by atoms with Gasteiger partial charge in [0.05, 0.1) is 17.5 Å². The minimum atomic E-state index is -0.286. The lowest BCUT2D eigenvalue weighted by Gasteiger charge is -2.02. The minimum absolute atomic E-state index is 0.286. The zero-order valence-electron chi connectivity index (χ0n) is 16.3. The van der Waals surface area contributed by atoms with Gasteiger partial charge in [0.15, 0.2) is 0 Å². The van der Waals surface area contributed by atoms with Crippen LogP contribution in [-0.4, -0.2) is 21.9 Å². The fraction of sp³-hybridized carbons (Fsp3) is 0.0417. The van der Waals surface area contributed by atoms with Crippen LogP contribution in [0.15, 0.2) is 94.6 Å². The zero-order valence-corrected chi connectivity index (χ0v) is 17.9. The first-order chi connectivity index (χ1) is 14.6. The summed E-state index contributed by atoms with van der Waals surface area (Å²) >= 11 is 3.39. The molecule has 0 aliphatic carbocycles. The van der Waals surface area contributed by atoms with Crippen LogP contribution in [0.25, 0.3) is 16.9 Å². The first-order valence-electron chi connectivity index (χ1n) is 9.42. The Morgan fingerprint density at radius 1 is 1.03 bits per heavy atom. The van der Waals surface area contributed by atoms with Crippen molar-refractivity contribution in [2.45, 2.75) is 6.92 Å². The summed E-state index contributed by atoms with van der Waals surface area (Å²) in [6, 6.07) is 25.2. The average molecular weight is 459 g/mol. The molecule has 0 aliphatic heterocycles. The minimum Gasteiger partial charge on any atom is -0.267 e. The van der Waals surface area contributed by atoms with Crippen LogP contribution >= 0.6 is 15.9 Å². The Hall–Kier alpha value is -3.51. The summed E-state index contributed by atoms with van der Waals surface area (Å²) in [6.45, 7) is 2.05. The number of hydrogen-bond donors (Lipinski definition) is 1. The molecule has 0 saturated heterocycles. The summed E-state index contributed by atoms with van der Waals surface area (Å²) in [4.78, 5) is 12.4. The van der Waals surface area contributed by atoms with E-state index in [1.165, 1.54) is 0 Å². The molecule has 0 aliphatic rings. The van der Waals surface area contributed by atoms with Gasteiger partial charge in [-0.2, -0.15) is 10.2 Å². The second-order valence-corrected chi connectivity index (χ2v) is 7.62. The van der Waals surface area contributed by atoms with E-state index in [1.807, 2.05) is 84.5 Å². The summed E-state index contributed by atoms with van der Waals surface area (Å²) in [5.74, 6) is -0.286. The van der Waals surface area contributed by atoms with Crippen molar-refractivity contribution in [3.63, 3.8) is 0 Å². The van der Waals surface area contributed by atoms with Crippen molar-refractivity contribution in [1.82, 2.24) is 15.2 Å². The molecule has 1 N–H and O–H groups in total. The number of amides is 1. The smallest absolute Gasteiger partial charge is 0.267 e. The van der Waals surface area contributed by atoms with Gasteiger partial charge in [0.1, 0.15) is 5.69 Å². The number of nitrogens with zero attached hydrogens (tertiary/aromatic N) is 3. The van der Waals surface area contributed by atoms with Crippen LogP contribution in [0, 0.1) is 6.92 Å². The molecular formula is C24H19BrN4O. The van der Waals surface area contributed by atoms with Crippen molar-refractivity contribution in [3.8, 4) is 16.9 Å². The highest BCUT2D eigenvalue weighted by molar-refractivity contribution is 9.10. The fourth-order valence-corrected chi connectivity index (χ4v) is 3.54. The summed E-state index contributed by atoms with van der Waals surface area (Å²) in [5.41, 5.74) is 7.79. The second kappa shape index (κ2) is 8.88. The predicted octanol–water partition coefficient (Wildman–Crippen LogP) is 5.37. The highest BCUT2D eigenvalue weighted by atomic mass is 79.9. The summed E-state index contributed by atoms with van der Waals surface area (Å²) in [5, 5.41) is 8.94. The number of aryl methyl sites for hydroxylation is 1. The molecule has 5 nitrogen and oxygen atoms in total. The van der Waals surface area contributed by atoms with Gasteiger partial charge in [-0.15, -0.1) is 0 Å². The number of aromatic nitrogens is 2. The molecule has 1 amide bonds. The Morgan fingerprint density at radius 2 is 1.80 bits per heavy atom. The lowest BCUT2D eigenvalue weighted by Crippen LogP contribution is -2.18. The molecule has 0 fully saturated rings. The highest BCUT2D eigenvalue weighted by Gasteiger charge is 2.12. The Kier molecular flexibility index (Phi) is 5.86. The molecule has 4 aromatic rings. The van der Waals surface area contributed by atoms with Gasteiger partial charge in [0.25, 0.3) is 5.91 Å². The molecule has 0 spiro atoms. The Labute approximate surface area is 183 Å². The van der Waals surface area contributed by atoms with Gasteiger partial charge in [-0.3, -0.25) is 4.79 Å². The van der Waals surface area contributed by atoms with E-state index in [1.54, 1.807) is 12.3 Å². The van der Waals surface area contributed by atoms with Gasteiger partial charge in [-0.25, -0.2) is 10.1 Å². The molecule has 148 valence electrons. The van der Waals surface area contributed by atoms with Crippen molar-refractivity contribution in [1.29, 1.82) is 0 Å². The maximum absolute atomic E-state index is 12.4. The SMILES string of the molecule is Cc1cccc(-c2nn(-c3ccccc3)cc2/C=N/NC(=O)c2ccccc2Br)c1. The molecule has 30 heavy (non-hydrogen) atoms. The standard InChI is InChI=1S/C24H19BrN4O/c1-17-8-7-9-18(14-17)23-19(16-29(28-23)20-10-3-2-4-11-20)15-26-27-24(30)21-12-5-6-13-22(21)25/h2-16H,1H3,(H,27,30)/b26-15+. The van der Waals surface area contributed by atoms with E-state index < -0.39 is 0 Å². The zero-order chi connectivity index (χ0) is 20.9. The maximum Gasteiger partial charge on any atom is 0.272 e. The Morgan fingerprint density at radius 3 is 2.57 bits per heavy atom. The number of benzene rings is 3. The van der Waals surface area contributed by atoms with Crippen LogP contribution in [0.5, 0.6) is 0 Å². The molecule has 1 aromatic heterocycles. The summed E-state index contributed by atoms with van der Waals surface area (Å²) in [6.07, 6.45) is 3.53. The average Bonchev–Trinajstić information content (AvgIpc) is 3.19. The van der Waals surface area contributed by atoms with Gasteiger partial charge in [-0.05, 0) is 53.2 Å². The van der Waals surface area contributed by atoms with Gasteiger partial charge in [-0.1, -0.05) is 54.1 Å². The highest BCUT2D eigenvalue weighted by Crippen LogP contribution is 2.23. The van der Waals surface area contributed by atoms with Crippen LogP contribution in [0.1, 0.15) is 21.5 Å². The number of carbonyl (C=O) groups is 1. The third kappa shape index (κ3) is 4.39. The molecule has 0 atom stereocenters. The monoisotopic (exact) mass is 458 g/mol. The molecule has 3 aromatic carbocycles. The van der Waals surface area contributed by atoms with Crippen molar-refractivity contribution < 1.29 is 4.79 Å². The molecule has 6 heteroatoms. The van der Waals surface area contributed by atoms with Gasteiger partial charge >= 0.3 is 0 Å².